The Hall–Kier alpha value is -3.72. The summed E-state index contributed by atoms with van der Waals surface area (Å²) in [5.74, 6) is -0.949. The van der Waals surface area contributed by atoms with Crippen LogP contribution in [0.15, 0.2) is 42.5 Å². The van der Waals surface area contributed by atoms with Gasteiger partial charge in [0.1, 0.15) is 6.04 Å². The van der Waals surface area contributed by atoms with E-state index < -0.39 is 11.9 Å². The number of rotatable bonds is 4. The van der Waals surface area contributed by atoms with Crippen molar-refractivity contribution in [3.8, 4) is 0 Å². The average molecular weight is 474 g/mol. The molecule has 180 valence electrons. The van der Waals surface area contributed by atoms with Gasteiger partial charge < -0.3 is 10.2 Å². The minimum atomic E-state index is -0.651. The molecule has 2 aromatic rings. The summed E-state index contributed by atoms with van der Waals surface area (Å²) >= 11 is 0. The zero-order valence-electron chi connectivity index (χ0n) is 19.3. The second-order valence-corrected chi connectivity index (χ2v) is 9.57. The largest absolute Gasteiger partial charge is 0.329 e. The number of amides is 5. The topological polar surface area (TPSA) is 102 Å². The van der Waals surface area contributed by atoms with Crippen molar-refractivity contribution in [1.82, 2.24) is 15.5 Å². The standard InChI is InChI=1S/C26H27N5O4/c32-23-10-9-22(24(33)28-23)31-15-17-14-19(7-8-20(17)25(31)34)30-13-12-29(26(30)35)18-5-3-16(4-6-18)21-2-1-11-27-21/h3-8,14,21-22,27H,1-2,9-13,15H2,(H,28,32,33). The number of benzene rings is 2. The molecular formula is C26H27N5O4. The van der Waals surface area contributed by atoms with E-state index in [1.807, 2.05) is 18.2 Å². The molecule has 3 fully saturated rings. The zero-order valence-corrected chi connectivity index (χ0v) is 19.3. The van der Waals surface area contributed by atoms with E-state index in [2.05, 4.69) is 22.8 Å². The first kappa shape index (κ1) is 21.8. The third kappa shape index (κ3) is 3.76. The quantitative estimate of drug-likeness (QED) is 0.664. The Balaban J connectivity index is 1.17. The molecule has 0 bridgehead atoms. The van der Waals surface area contributed by atoms with E-state index >= 15 is 0 Å². The van der Waals surface area contributed by atoms with Crippen molar-refractivity contribution >= 4 is 35.1 Å². The minimum absolute atomic E-state index is 0.0944. The molecule has 2 unspecified atom stereocenters. The molecule has 35 heavy (non-hydrogen) atoms. The van der Waals surface area contributed by atoms with E-state index in [4.69, 9.17) is 0 Å². The lowest BCUT2D eigenvalue weighted by molar-refractivity contribution is -0.136. The molecular weight excluding hydrogens is 446 g/mol. The summed E-state index contributed by atoms with van der Waals surface area (Å²) < 4.78 is 0. The van der Waals surface area contributed by atoms with Crippen LogP contribution in [0.2, 0.25) is 0 Å². The van der Waals surface area contributed by atoms with Crippen LogP contribution in [0, 0.1) is 0 Å². The molecule has 6 rings (SSSR count). The van der Waals surface area contributed by atoms with E-state index in [9.17, 15) is 19.2 Å². The molecule has 0 aromatic heterocycles. The maximum atomic E-state index is 13.3. The molecule has 5 amide bonds. The van der Waals surface area contributed by atoms with Crippen LogP contribution in [0.5, 0.6) is 0 Å². The van der Waals surface area contributed by atoms with Crippen molar-refractivity contribution in [3.05, 3.63) is 59.2 Å². The lowest BCUT2D eigenvalue weighted by Gasteiger charge is -2.29. The van der Waals surface area contributed by atoms with Crippen LogP contribution < -0.4 is 20.4 Å². The number of nitrogens with one attached hydrogen (secondary N) is 2. The number of fused-ring (bicyclic) bond motifs is 1. The van der Waals surface area contributed by atoms with Gasteiger partial charge in [-0.15, -0.1) is 0 Å². The summed E-state index contributed by atoms with van der Waals surface area (Å²) in [6.07, 6.45) is 2.87. The number of urea groups is 1. The predicted octanol–water partition coefficient (Wildman–Crippen LogP) is 2.32. The van der Waals surface area contributed by atoms with Crippen molar-refractivity contribution in [2.45, 2.75) is 44.3 Å². The average Bonchev–Trinajstić information content (AvgIpc) is 3.59. The molecule has 3 saturated heterocycles. The van der Waals surface area contributed by atoms with Gasteiger partial charge in [-0.05, 0) is 67.3 Å². The smallest absolute Gasteiger partial charge is 0.322 e. The van der Waals surface area contributed by atoms with Crippen LogP contribution in [-0.4, -0.2) is 54.3 Å². The Labute approximate surface area is 203 Å². The molecule has 0 radical (unpaired) electrons. The van der Waals surface area contributed by atoms with E-state index in [1.54, 1.807) is 21.9 Å². The maximum absolute atomic E-state index is 13.3. The highest BCUT2D eigenvalue weighted by molar-refractivity contribution is 6.08. The number of anilines is 2. The SMILES string of the molecule is O=C1CCC(N2Cc3cc(N4CCN(c5ccc(C6CCCN6)cc5)C4=O)ccc3C2=O)C(=O)N1. The van der Waals surface area contributed by atoms with Gasteiger partial charge in [0, 0.05) is 49.0 Å². The molecule has 0 aliphatic carbocycles. The van der Waals surface area contributed by atoms with Gasteiger partial charge in [-0.1, -0.05) is 12.1 Å². The monoisotopic (exact) mass is 473 g/mol. The van der Waals surface area contributed by atoms with Crippen LogP contribution in [-0.2, 0) is 16.1 Å². The fourth-order valence-electron chi connectivity index (χ4n) is 5.60. The molecule has 9 nitrogen and oxygen atoms in total. The van der Waals surface area contributed by atoms with Crippen molar-refractivity contribution in [1.29, 1.82) is 0 Å². The Morgan fingerprint density at radius 3 is 2.31 bits per heavy atom. The molecule has 4 heterocycles. The molecule has 4 aliphatic rings. The van der Waals surface area contributed by atoms with Crippen molar-refractivity contribution in [3.63, 3.8) is 0 Å². The highest BCUT2D eigenvalue weighted by Gasteiger charge is 2.40. The summed E-state index contributed by atoms with van der Waals surface area (Å²) in [4.78, 5) is 55.0. The van der Waals surface area contributed by atoms with Crippen LogP contribution in [0.25, 0.3) is 0 Å². The number of carbonyl (C=O) groups excluding carboxylic acids is 4. The summed E-state index contributed by atoms with van der Waals surface area (Å²) in [5.41, 5.74) is 4.19. The first-order valence-corrected chi connectivity index (χ1v) is 12.2. The van der Waals surface area contributed by atoms with Gasteiger partial charge in [0.2, 0.25) is 11.8 Å². The van der Waals surface area contributed by atoms with Crippen molar-refractivity contribution < 1.29 is 19.2 Å². The predicted molar refractivity (Wildman–Crippen MR) is 129 cm³/mol. The van der Waals surface area contributed by atoms with Gasteiger partial charge >= 0.3 is 6.03 Å². The van der Waals surface area contributed by atoms with E-state index in [0.29, 0.717) is 31.1 Å². The summed E-state index contributed by atoms with van der Waals surface area (Å²) in [6, 6.07) is 13.3. The third-order valence-corrected chi connectivity index (χ3v) is 7.50. The van der Waals surface area contributed by atoms with E-state index in [1.165, 1.54) is 16.9 Å². The molecule has 4 aliphatic heterocycles. The van der Waals surface area contributed by atoms with E-state index in [0.717, 1.165) is 29.9 Å². The minimum Gasteiger partial charge on any atom is -0.322 e. The Morgan fingerprint density at radius 2 is 1.60 bits per heavy atom. The molecule has 2 aromatic carbocycles. The number of hydrogen-bond acceptors (Lipinski definition) is 5. The zero-order chi connectivity index (χ0) is 24.1. The Morgan fingerprint density at radius 1 is 0.857 bits per heavy atom. The van der Waals surface area contributed by atoms with Gasteiger partial charge in [-0.25, -0.2) is 4.79 Å². The first-order chi connectivity index (χ1) is 17.0. The Kier molecular flexibility index (Phi) is 5.29. The fourth-order valence-corrected chi connectivity index (χ4v) is 5.60. The molecule has 2 atom stereocenters. The highest BCUT2D eigenvalue weighted by Crippen LogP contribution is 2.33. The van der Waals surface area contributed by atoms with Crippen LogP contribution in [0.3, 0.4) is 0 Å². The normalized spacial score (nSPS) is 24.4. The number of piperidine rings is 1. The first-order valence-electron chi connectivity index (χ1n) is 12.2. The van der Waals surface area contributed by atoms with Crippen LogP contribution >= 0.6 is 0 Å². The lowest BCUT2D eigenvalue weighted by Crippen LogP contribution is -2.52. The van der Waals surface area contributed by atoms with Gasteiger partial charge in [0.15, 0.2) is 0 Å². The summed E-state index contributed by atoms with van der Waals surface area (Å²) in [7, 11) is 0. The van der Waals surface area contributed by atoms with Crippen molar-refractivity contribution in [2.75, 3.05) is 29.4 Å². The number of nitrogens with zero attached hydrogens (tertiary/aromatic N) is 3. The van der Waals surface area contributed by atoms with Gasteiger partial charge in [-0.2, -0.15) is 0 Å². The summed E-state index contributed by atoms with van der Waals surface area (Å²) in [5, 5.41) is 5.82. The highest BCUT2D eigenvalue weighted by atomic mass is 16.2. The summed E-state index contributed by atoms with van der Waals surface area (Å²) in [6.45, 7) is 2.47. The second-order valence-electron chi connectivity index (χ2n) is 9.57. The number of imide groups is 1. The van der Waals surface area contributed by atoms with Gasteiger partial charge in [0.05, 0.1) is 0 Å². The number of carbonyl (C=O) groups is 4. The van der Waals surface area contributed by atoms with E-state index in [-0.39, 0.29) is 30.8 Å². The molecule has 2 N–H and O–H groups in total. The van der Waals surface area contributed by atoms with Crippen molar-refractivity contribution in [2.24, 2.45) is 0 Å². The van der Waals surface area contributed by atoms with Crippen LogP contribution in [0.4, 0.5) is 16.2 Å². The van der Waals surface area contributed by atoms with Crippen LogP contribution in [0.1, 0.15) is 53.2 Å². The van der Waals surface area contributed by atoms with Gasteiger partial charge in [-0.3, -0.25) is 29.5 Å². The third-order valence-electron chi connectivity index (χ3n) is 7.50. The fraction of sp³-hybridized carbons (Fsp3) is 0.385. The van der Waals surface area contributed by atoms with Gasteiger partial charge in [0.25, 0.3) is 5.91 Å². The maximum Gasteiger partial charge on any atom is 0.329 e. The Bertz CT molecular complexity index is 1220. The molecule has 9 heteroatoms. The molecule has 0 saturated carbocycles. The number of hydrogen-bond donors (Lipinski definition) is 2. The lowest BCUT2D eigenvalue weighted by atomic mass is 10.0. The molecule has 0 spiro atoms. The second kappa shape index (κ2) is 8.49.